The summed E-state index contributed by atoms with van der Waals surface area (Å²) in [5.41, 5.74) is 0.879. The van der Waals surface area contributed by atoms with E-state index in [-0.39, 0.29) is 36.2 Å². The summed E-state index contributed by atoms with van der Waals surface area (Å²) in [6, 6.07) is 5.68. The van der Waals surface area contributed by atoms with Crippen molar-refractivity contribution in [2.45, 2.75) is 103 Å². The van der Waals surface area contributed by atoms with Crippen LogP contribution in [0.25, 0.3) is 0 Å². The van der Waals surface area contributed by atoms with Gasteiger partial charge in [0.25, 0.3) is 4.93 Å². The van der Waals surface area contributed by atoms with Gasteiger partial charge in [0.05, 0.1) is 12.7 Å². The van der Waals surface area contributed by atoms with Crippen molar-refractivity contribution in [2.24, 2.45) is 17.8 Å². The first-order valence-corrected chi connectivity index (χ1v) is 16.8. The summed E-state index contributed by atoms with van der Waals surface area (Å²) in [4.78, 5) is 63.9. The summed E-state index contributed by atoms with van der Waals surface area (Å²) in [5.74, 6) is -2.18. The first kappa shape index (κ1) is 36.3. The standard InChI is InChI=1S/C32H49N5O7S/c1-18(2)14-24(29(40)36-25(32(43)17-45-32)15-23-12-13-33-28(23)39)35-31(42)27(20(5)44-16-22-10-8-7-9-11-22)37-30(41)26(19(3)4)34-21(6)38/h7-11,18-20,23-27,43H,12-17H2,1-6H3,(H,33,39)(H,34,38)(H,35,42)(H,36,40)(H,37,41)/p+1/t20-,23+,24+,25+,26+,27+,32+/m1/s1. The molecule has 12 nitrogen and oxygen atoms in total. The SMILES string of the molecule is CC(=O)N[C@H](C(=O)N[C@H](C(=O)N[C@@H](CC(C)C)C(=O)N[C@@H](C[C@@H]1CCNC1=O)[C@]1(O)C[SH+]1)[C@@H](C)OCc1ccccc1)C(C)C. The van der Waals surface area contributed by atoms with Crippen molar-refractivity contribution in [2.75, 3.05) is 12.3 Å². The van der Waals surface area contributed by atoms with E-state index in [1.807, 2.05) is 44.2 Å². The average molecular weight is 649 g/mol. The quantitative estimate of drug-likeness (QED) is 0.0800. The third-order valence-electron chi connectivity index (χ3n) is 8.09. The highest BCUT2D eigenvalue weighted by atomic mass is 32.2. The lowest BCUT2D eigenvalue weighted by atomic mass is 9.94. The molecule has 3 rings (SSSR count). The summed E-state index contributed by atoms with van der Waals surface area (Å²) >= 11 is 0.778. The molecule has 0 saturated carbocycles. The van der Waals surface area contributed by atoms with Gasteiger partial charge >= 0.3 is 0 Å². The Hall–Kier alpha value is -3.16. The number of rotatable bonds is 17. The molecule has 250 valence electrons. The van der Waals surface area contributed by atoms with Crippen LogP contribution < -0.4 is 26.6 Å². The lowest BCUT2D eigenvalue weighted by Crippen LogP contribution is -2.61. The summed E-state index contributed by atoms with van der Waals surface area (Å²) in [7, 11) is 0. The smallest absolute Gasteiger partial charge is 0.289 e. The van der Waals surface area contributed by atoms with Gasteiger partial charge < -0.3 is 36.4 Å². The van der Waals surface area contributed by atoms with Gasteiger partial charge in [-0.25, -0.2) is 0 Å². The van der Waals surface area contributed by atoms with E-state index in [9.17, 15) is 29.1 Å². The van der Waals surface area contributed by atoms with Gasteiger partial charge in [0.15, 0.2) is 5.75 Å². The normalized spacial score (nSPS) is 22.5. The number of hydrogen-bond acceptors (Lipinski definition) is 7. The van der Waals surface area contributed by atoms with Gasteiger partial charge in [-0.15, -0.1) is 0 Å². The van der Waals surface area contributed by atoms with Gasteiger partial charge in [0.1, 0.15) is 24.2 Å². The van der Waals surface area contributed by atoms with E-state index in [4.69, 9.17) is 4.74 Å². The van der Waals surface area contributed by atoms with Crippen molar-refractivity contribution in [1.29, 1.82) is 0 Å². The van der Waals surface area contributed by atoms with E-state index in [0.29, 0.717) is 31.6 Å². The molecular formula is C32H50N5O7S+. The predicted molar refractivity (Wildman–Crippen MR) is 173 cm³/mol. The first-order chi connectivity index (χ1) is 21.2. The van der Waals surface area contributed by atoms with Crippen LogP contribution in [0.3, 0.4) is 0 Å². The third-order valence-corrected chi connectivity index (χ3v) is 9.37. The Kier molecular flexibility index (Phi) is 13.2. The average Bonchev–Trinajstić information content (AvgIpc) is 3.60. The number of ether oxygens (including phenoxy) is 1. The monoisotopic (exact) mass is 648 g/mol. The van der Waals surface area contributed by atoms with E-state index in [1.165, 1.54) is 6.92 Å². The van der Waals surface area contributed by atoms with E-state index in [2.05, 4.69) is 26.6 Å². The van der Waals surface area contributed by atoms with Gasteiger partial charge in [-0.3, -0.25) is 24.0 Å². The highest BCUT2D eigenvalue weighted by Crippen LogP contribution is 2.33. The maximum Gasteiger partial charge on any atom is 0.289 e. The Balaban J connectivity index is 1.79. The predicted octanol–water partition coefficient (Wildman–Crippen LogP) is 0.296. The molecule has 0 spiro atoms. The number of carbonyl (C=O) groups is 5. The molecule has 2 heterocycles. The molecule has 2 fully saturated rings. The van der Waals surface area contributed by atoms with Crippen molar-refractivity contribution < 1.29 is 33.8 Å². The highest BCUT2D eigenvalue weighted by Gasteiger charge is 2.61. The minimum atomic E-state index is -1.19. The van der Waals surface area contributed by atoms with Crippen LogP contribution in [-0.4, -0.2) is 82.1 Å². The summed E-state index contributed by atoms with van der Waals surface area (Å²) in [5, 5.41) is 24.9. The second-order valence-electron chi connectivity index (χ2n) is 12.9. The number of carbonyl (C=O) groups excluding carboxylic acids is 5. The molecule has 2 saturated heterocycles. The third kappa shape index (κ3) is 11.0. The van der Waals surface area contributed by atoms with Crippen LogP contribution >= 0.6 is 0 Å². The molecule has 5 amide bonds. The van der Waals surface area contributed by atoms with E-state index < -0.39 is 52.9 Å². The Morgan fingerprint density at radius 2 is 1.62 bits per heavy atom. The van der Waals surface area contributed by atoms with E-state index in [0.717, 1.165) is 17.3 Å². The molecule has 0 aliphatic carbocycles. The highest BCUT2D eigenvalue weighted by molar-refractivity contribution is 7.87. The molecule has 7 atom stereocenters. The van der Waals surface area contributed by atoms with Crippen LogP contribution in [0.1, 0.15) is 66.4 Å². The zero-order valence-corrected chi connectivity index (χ0v) is 28.0. The summed E-state index contributed by atoms with van der Waals surface area (Å²) in [6.07, 6.45) is 0.418. The molecule has 6 N–H and O–H groups in total. The van der Waals surface area contributed by atoms with Crippen molar-refractivity contribution in [3.8, 4) is 0 Å². The maximum absolute atomic E-state index is 13.9. The van der Waals surface area contributed by atoms with Crippen molar-refractivity contribution in [3.05, 3.63) is 35.9 Å². The largest absolute Gasteiger partial charge is 0.371 e. The van der Waals surface area contributed by atoms with Crippen LogP contribution in [0.15, 0.2) is 30.3 Å². The molecule has 45 heavy (non-hydrogen) atoms. The van der Waals surface area contributed by atoms with Crippen LogP contribution in [0.4, 0.5) is 0 Å². The van der Waals surface area contributed by atoms with Gasteiger partial charge in [-0.1, -0.05) is 58.0 Å². The molecule has 1 aromatic carbocycles. The van der Waals surface area contributed by atoms with Crippen molar-refractivity contribution in [3.63, 3.8) is 0 Å². The number of hydrogen-bond donors (Lipinski definition) is 6. The number of benzene rings is 1. The van der Waals surface area contributed by atoms with Gasteiger partial charge in [-0.2, -0.15) is 0 Å². The minimum Gasteiger partial charge on any atom is -0.371 e. The molecular weight excluding hydrogens is 598 g/mol. The minimum absolute atomic E-state index is 0.0205. The first-order valence-electron chi connectivity index (χ1n) is 15.7. The maximum atomic E-state index is 13.9. The van der Waals surface area contributed by atoms with Gasteiger partial charge in [-0.05, 0) is 43.6 Å². The lowest BCUT2D eigenvalue weighted by molar-refractivity contribution is -0.137. The summed E-state index contributed by atoms with van der Waals surface area (Å²) in [6.45, 7) is 11.1. The van der Waals surface area contributed by atoms with Crippen molar-refractivity contribution >= 4 is 41.3 Å². The molecule has 0 radical (unpaired) electrons. The van der Waals surface area contributed by atoms with E-state index in [1.54, 1.807) is 20.8 Å². The fourth-order valence-electron chi connectivity index (χ4n) is 5.35. The molecule has 2 aliphatic heterocycles. The van der Waals surface area contributed by atoms with Gasteiger partial charge in [0, 0.05) is 31.1 Å². The van der Waals surface area contributed by atoms with Crippen LogP contribution in [0.5, 0.6) is 0 Å². The van der Waals surface area contributed by atoms with Crippen LogP contribution in [-0.2, 0) is 47.1 Å². The molecule has 1 aromatic rings. The Bertz CT molecular complexity index is 1190. The van der Waals surface area contributed by atoms with Gasteiger partial charge in [0.2, 0.25) is 29.5 Å². The molecule has 13 heteroatoms. The molecule has 0 unspecified atom stereocenters. The second kappa shape index (κ2) is 16.4. The Morgan fingerprint density at radius 3 is 2.16 bits per heavy atom. The van der Waals surface area contributed by atoms with Crippen LogP contribution in [0.2, 0.25) is 0 Å². The lowest BCUT2D eigenvalue weighted by Gasteiger charge is -2.30. The molecule has 2 aliphatic rings. The molecule has 0 aromatic heterocycles. The topological polar surface area (TPSA) is 175 Å². The fourth-order valence-corrected chi connectivity index (χ4v) is 6.12. The number of aliphatic hydroxyl groups is 1. The zero-order chi connectivity index (χ0) is 33.3. The second-order valence-corrected chi connectivity index (χ2v) is 14.3. The van der Waals surface area contributed by atoms with Crippen molar-refractivity contribution in [1.82, 2.24) is 26.6 Å². The molecule has 0 bridgehead atoms. The Morgan fingerprint density at radius 1 is 0.978 bits per heavy atom. The van der Waals surface area contributed by atoms with Crippen LogP contribution in [0, 0.1) is 17.8 Å². The zero-order valence-electron chi connectivity index (χ0n) is 27.1. The number of amides is 5. The number of thiol groups is 1. The Labute approximate surface area is 269 Å². The summed E-state index contributed by atoms with van der Waals surface area (Å²) < 4.78 is 6.02. The number of nitrogens with one attached hydrogen (secondary N) is 5. The van der Waals surface area contributed by atoms with E-state index >= 15 is 0 Å². The fraction of sp³-hybridized carbons (Fsp3) is 0.656.